The number of rotatable bonds is 4. The number of carbonyl (C=O) groups is 1. The number of carbonyl (C=O) groups excluding carboxylic acids is 1. The lowest BCUT2D eigenvalue weighted by atomic mass is 10.1. The number of anilines is 1. The number of nitrogens with one attached hydrogen (secondary N) is 1. The number of amides is 1. The van der Waals surface area contributed by atoms with Crippen LogP contribution in [0.15, 0.2) is 23.1 Å². The van der Waals surface area contributed by atoms with Gasteiger partial charge in [-0.3, -0.25) is 19.3 Å². The Morgan fingerprint density at radius 2 is 2.12 bits per heavy atom. The van der Waals surface area contributed by atoms with Crippen LogP contribution in [0.4, 0.5) is 5.95 Å². The Bertz CT molecular complexity index is 851. The number of nitrogens with zero attached hydrogens (tertiary/aromatic N) is 5. The van der Waals surface area contributed by atoms with Crippen molar-refractivity contribution in [2.45, 2.75) is 38.6 Å². The highest BCUT2D eigenvalue weighted by Crippen LogP contribution is 2.26. The predicted octanol–water partition coefficient (Wildman–Crippen LogP) is 0.891. The van der Waals surface area contributed by atoms with E-state index in [2.05, 4.69) is 15.0 Å². The third-order valence-corrected chi connectivity index (χ3v) is 5.33. The van der Waals surface area contributed by atoms with Crippen LogP contribution in [0.2, 0.25) is 0 Å². The molecular weight excluding hydrogens is 332 g/mol. The topological polar surface area (TPSA) is 87.1 Å². The summed E-state index contributed by atoms with van der Waals surface area (Å²) in [6, 6.07) is 3.47. The van der Waals surface area contributed by atoms with Gasteiger partial charge in [0, 0.05) is 50.1 Å². The molecule has 26 heavy (non-hydrogen) atoms. The summed E-state index contributed by atoms with van der Waals surface area (Å²) in [6.45, 7) is 5.36. The summed E-state index contributed by atoms with van der Waals surface area (Å²) in [5.41, 5.74) is 1.65. The minimum absolute atomic E-state index is 0.0592. The van der Waals surface area contributed by atoms with Crippen molar-refractivity contribution in [3.05, 3.63) is 40.1 Å². The van der Waals surface area contributed by atoms with Gasteiger partial charge in [0.25, 0.3) is 5.56 Å². The lowest BCUT2D eigenvalue weighted by Crippen LogP contribution is -2.32. The molecule has 0 saturated carbocycles. The molecule has 2 aliphatic heterocycles. The number of hydrogen-bond acceptors (Lipinski definition) is 5. The maximum atomic E-state index is 12.6. The lowest BCUT2D eigenvalue weighted by Gasteiger charge is -2.19. The summed E-state index contributed by atoms with van der Waals surface area (Å²) < 4.78 is 1.71. The third-order valence-electron chi connectivity index (χ3n) is 5.33. The molecule has 2 aliphatic rings. The first-order valence-corrected chi connectivity index (χ1v) is 9.22. The molecular formula is C18H24N6O2. The number of hydrogen-bond donors (Lipinski definition) is 1. The average molecular weight is 356 g/mol. The van der Waals surface area contributed by atoms with Crippen LogP contribution in [0.5, 0.6) is 0 Å². The number of aryl methyl sites for hydroxylation is 1. The zero-order valence-corrected chi connectivity index (χ0v) is 15.0. The van der Waals surface area contributed by atoms with Gasteiger partial charge in [0.1, 0.15) is 6.54 Å². The molecule has 0 radical (unpaired) electrons. The van der Waals surface area contributed by atoms with Crippen LogP contribution in [0.1, 0.15) is 36.6 Å². The Hall–Kier alpha value is -2.64. The van der Waals surface area contributed by atoms with E-state index in [-0.39, 0.29) is 23.9 Å². The first kappa shape index (κ1) is 16.8. The molecule has 0 spiro atoms. The van der Waals surface area contributed by atoms with E-state index in [1.165, 1.54) is 0 Å². The van der Waals surface area contributed by atoms with Crippen LogP contribution in [0.25, 0.3) is 0 Å². The number of aromatic amines is 1. The molecule has 2 aromatic rings. The zero-order valence-electron chi connectivity index (χ0n) is 15.0. The SMILES string of the molecule is Cc1ccnn1CC(=O)N1CCC(c2cc(=O)[nH]c(N3CCCC3)n2)C1. The van der Waals surface area contributed by atoms with E-state index >= 15 is 0 Å². The molecule has 0 aliphatic carbocycles. The summed E-state index contributed by atoms with van der Waals surface area (Å²) in [4.78, 5) is 36.2. The summed E-state index contributed by atoms with van der Waals surface area (Å²) in [5.74, 6) is 0.840. The Balaban J connectivity index is 1.46. The van der Waals surface area contributed by atoms with Crippen LogP contribution < -0.4 is 10.5 Å². The molecule has 2 aromatic heterocycles. The molecule has 0 bridgehead atoms. The second-order valence-electron chi connectivity index (χ2n) is 7.14. The standard InChI is InChI=1S/C18H24N6O2/c1-13-4-6-19-24(13)12-17(26)23-9-5-14(11-23)15-10-16(25)21-18(20-15)22-7-2-3-8-22/h4,6,10,14H,2-3,5,7-9,11-12H2,1H3,(H,20,21,25). The van der Waals surface area contributed by atoms with Gasteiger partial charge in [-0.25, -0.2) is 4.98 Å². The van der Waals surface area contributed by atoms with Crippen molar-refractivity contribution < 1.29 is 4.79 Å². The molecule has 4 rings (SSSR count). The quantitative estimate of drug-likeness (QED) is 0.879. The molecule has 2 fully saturated rings. The zero-order chi connectivity index (χ0) is 18.1. The van der Waals surface area contributed by atoms with E-state index in [1.54, 1.807) is 16.9 Å². The summed E-state index contributed by atoms with van der Waals surface area (Å²) in [6.07, 6.45) is 4.80. The number of aromatic nitrogens is 4. The number of H-pyrrole nitrogens is 1. The van der Waals surface area contributed by atoms with E-state index in [1.807, 2.05) is 17.9 Å². The minimum atomic E-state index is -0.117. The van der Waals surface area contributed by atoms with Crippen molar-refractivity contribution in [3.63, 3.8) is 0 Å². The van der Waals surface area contributed by atoms with Crippen molar-refractivity contribution in [1.82, 2.24) is 24.6 Å². The average Bonchev–Trinajstić information content (AvgIpc) is 3.37. The third kappa shape index (κ3) is 3.36. The second-order valence-corrected chi connectivity index (χ2v) is 7.14. The van der Waals surface area contributed by atoms with Crippen LogP contribution in [0, 0.1) is 6.92 Å². The fraction of sp³-hybridized carbons (Fsp3) is 0.556. The van der Waals surface area contributed by atoms with Gasteiger partial charge in [0.15, 0.2) is 0 Å². The molecule has 138 valence electrons. The molecule has 0 aromatic carbocycles. The Morgan fingerprint density at radius 3 is 2.85 bits per heavy atom. The molecule has 1 amide bonds. The fourth-order valence-electron chi connectivity index (χ4n) is 3.77. The lowest BCUT2D eigenvalue weighted by molar-refractivity contribution is -0.131. The van der Waals surface area contributed by atoms with Crippen molar-refractivity contribution in [3.8, 4) is 0 Å². The molecule has 8 nitrogen and oxygen atoms in total. The van der Waals surface area contributed by atoms with Gasteiger partial charge in [-0.15, -0.1) is 0 Å². The van der Waals surface area contributed by atoms with Crippen molar-refractivity contribution in [2.75, 3.05) is 31.1 Å². The predicted molar refractivity (Wildman–Crippen MR) is 97.2 cm³/mol. The molecule has 8 heteroatoms. The minimum Gasteiger partial charge on any atom is -0.342 e. The maximum absolute atomic E-state index is 12.6. The highest BCUT2D eigenvalue weighted by Gasteiger charge is 2.29. The fourth-order valence-corrected chi connectivity index (χ4v) is 3.77. The van der Waals surface area contributed by atoms with Crippen molar-refractivity contribution in [1.29, 1.82) is 0 Å². The smallest absolute Gasteiger partial charge is 0.252 e. The van der Waals surface area contributed by atoms with Gasteiger partial charge in [0.05, 0.1) is 5.69 Å². The van der Waals surface area contributed by atoms with Crippen LogP contribution >= 0.6 is 0 Å². The van der Waals surface area contributed by atoms with Gasteiger partial charge < -0.3 is 9.80 Å². The number of likely N-dealkylation sites (tertiary alicyclic amines) is 1. The summed E-state index contributed by atoms with van der Waals surface area (Å²) in [5, 5.41) is 4.18. The van der Waals surface area contributed by atoms with Gasteiger partial charge in [0.2, 0.25) is 11.9 Å². The Kier molecular flexibility index (Phi) is 4.48. The van der Waals surface area contributed by atoms with Crippen LogP contribution in [-0.4, -0.2) is 56.7 Å². The van der Waals surface area contributed by atoms with E-state index < -0.39 is 0 Å². The monoisotopic (exact) mass is 356 g/mol. The van der Waals surface area contributed by atoms with Gasteiger partial charge in [-0.1, -0.05) is 0 Å². The first-order chi connectivity index (χ1) is 12.6. The highest BCUT2D eigenvalue weighted by atomic mass is 16.2. The van der Waals surface area contributed by atoms with Crippen molar-refractivity contribution in [2.24, 2.45) is 0 Å². The van der Waals surface area contributed by atoms with Gasteiger partial charge in [-0.05, 0) is 32.3 Å². The van der Waals surface area contributed by atoms with Crippen LogP contribution in [-0.2, 0) is 11.3 Å². The highest BCUT2D eigenvalue weighted by molar-refractivity contribution is 5.76. The van der Waals surface area contributed by atoms with E-state index in [0.717, 1.165) is 43.7 Å². The normalized spacial score (nSPS) is 20.1. The van der Waals surface area contributed by atoms with Crippen molar-refractivity contribution >= 4 is 11.9 Å². The molecule has 1 N–H and O–H groups in total. The van der Waals surface area contributed by atoms with E-state index in [9.17, 15) is 9.59 Å². The Morgan fingerprint density at radius 1 is 1.31 bits per heavy atom. The summed E-state index contributed by atoms with van der Waals surface area (Å²) in [7, 11) is 0. The van der Waals surface area contributed by atoms with Gasteiger partial charge in [-0.2, -0.15) is 5.10 Å². The van der Waals surface area contributed by atoms with Crippen LogP contribution in [0.3, 0.4) is 0 Å². The van der Waals surface area contributed by atoms with E-state index in [4.69, 9.17) is 4.98 Å². The Labute approximate surface area is 151 Å². The van der Waals surface area contributed by atoms with E-state index in [0.29, 0.717) is 19.0 Å². The molecule has 2 saturated heterocycles. The molecule has 1 unspecified atom stereocenters. The molecule has 1 atom stereocenters. The molecule has 4 heterocycles. The second kappa shape index (κ2) is 6.93. The summed E-state index contributed by atoms with van der Waals surface area (Å²) >= 11 is 0. The largest absolute Gasteiger partial charge is 0.342 e. The maximum Gasteiger partial charge on any atom is 0.252 e. The first-order valence-electron chi connectivity index (χ1n) is 9.22. The van der Waals surface area contributed by atoms with Gasteiger partial charge >= 0.3 is 0 Å².